The number of methoxy groups -OCH3 is 1. The molecule has 2 bridgehead atoms. The number of esters is 1. The molecule has 1 amide bonds. The molecule has 0 heterocycles. The molecule has 3 rings (SSSR count). The first-order valence-electron chi connectivity index (χ1n) is 8.23. The maximum absolute atomic E-state index is 11.9. The molecule has 124 valence electrons. The molecular weight excluding hydrogens is 294 g/mol. The highest BCUT2D eigenvalue weighted by Crippen LogP contribution is 2.49. The van der Waals surface area contributed by atoms with Crippen LogP contribution in [0.3, 0.4) is 0 Å². The molecule has 1 aromatic rings. The molecule has 3 atom stereocenters. The number of fused-ring (bicyclic) bond motifs is 2. The van der Waals surface area contributed by atoms with Crippen LogP contribution in [-0.4, -0.2) is 25.6 Å². The zero-order valence-electron chi connectivity index (χ0n) is 13.4. The summed E-state index contributed by atoms with van der Waals surface area (Å²) < 4.78 is 10.2. The number of anilines is 1. The average Bonchev–Trinajstić information content (AvgIpc) is 3.16. The molecule has 0 radical (unpaired) electrons. The topological polar surface area (TPSA) is 64.6 Å². The summed E-state index contributed by atoms with van der Waals surface area (Å²) in [7, 11) is 1.57. The molecule has 0 saturated heterocycles. The molecule has 2 fully saturated rings. The molecule has 1 N–H and O–H groups in total. The number of amides is 1. The zero-order valence-corrected chi connectivity index (χ0v) is 13.4. The van der Waals surface area contributed by atoms with E-state index in [4.69, 9.17) is 9.47 Å². The maximum Gasteiger partial charge on any atom is 0.306 e. The van der Waals surface area contributed by atoms with Crippen molar-refractivity contribution in [1.82, 2.24) is 0 Å². The van der Waals surface area contributed by atoms with E-state index in [1.54, 1.807) is 31.4 Å². The minimum Gasteiger partial charge on any atom is -0.497 e. The summed E-state index contributed by atoms with van der Waals surface area (Å²) >= 11 is 0. The van der Waals surface area contributed by atoms with Gasteiger partial charge in [-0.15, -0.1) is 0 Å². The van der Waals surface area contributed by atoms with Crippen molar-refractivity contribution in [3.63, 3.8) is 0 Å². The fourth-order valence-corrected chi connectivity index (χ4v) is 3.94. The molecule has 2 aliphatic rings. The van der Waals surface area contributed by atoms with E-state index in [9.17, 15) is 9.59 Å². The first-order valence-corrected chi connectivity index (χ1v) is 8.23. The summed E-state index contributed by atoms with van der Waals surface area (Å²) in [5, 5.41) is 2.70. The van der Waals surface area contributed by atoms with Crippen LogP contribution in [-0.2, 0) is 14.3 Å². The van der Waals surface area contributed by atoms with Crippen LogP contribution >= 0.6 is 0 Å². The Labute approximate surface area is 136 Å². The molecule has 5 heteroatoms. The fourth-order valence-electron chi connectivity index (χ4n) is 3.94. The van der Waals surface area contributed by atoms with Gasteiger partial charge in [0.25, 0.3) is 5.91 Å². The van der Waals surface area contributed by atoms with Crippen molar-refractivity contribution in [1.29, 1.82) is 0 Å². The van der Waals surface area contributed by atoms with Crippen LogP contribution in [0.15, 0.2) is 24.3 Å². The van der Waals surface area contributed by atoms with Crippen LogP contribution in [0, 0.1) is 17.8 Å². The first-order chi connectivity index (χ1) is 11.1. The van der Waals surface area contributed by atoms with Gasteiger partial charge in [0.05, 0.1) is 7.11 Å². The molecule has 2 saturated carbocycles. The van der Waals surface area contributed by atoms with Crippen molar-refractivity contribution in [3.05, 3.63) is 24.3 Å². The Kier molecular flexibility index (Phi) is 4.84. The lowest BCUT2D eigenvalue weighted by molar-refractivity contribution is -0.148. The van der Waals surface area contributed by atoms with Crippen LogP contribution in [0.2, 0.25) is 0 Å². The molecule has 3 unspecified atom stereocenters. The van der Waals surface area contributed by atoms with Gasteiger partial charge < -0.3 is 14.8 Å². The van der Waals surface area contributed by atoms with Gasteiger partial charge in [-0.1, -0.05) is 12.5 Å². The Morgan fingerprint density at radius 3 is 2.83 bits per heavy atom. The molecule has 5 nitrogen and oxygen atoms in total. The largest absolute Gasteiger partial charge is 0.497 e. The van der Waals surface area contributed by atoms with Crippen LogP contribution in [0.5, 0.6) is 5.75 Å². The van der Waals surface area contributed by atoms with Gasteiger partial charge in [-0.25, -0.2) is 0 Å². The van der Waals surface area contributed by atoms with E-state index in [-0.39, 0.29) is 18.5 Å². The summed E-state index contributed by atoms with van der Waals surface area (Å²) in [5.41, 5.74) is 0.624. The Morgan fingerprint density at radius 1 is 1.26 bits per heavy atom. The van der Waals surface area contributed by atoms with Crippen molar-refractivity contribution >= 4 is 17.6 Å². The highest BCUT2D eigenvalue weighted by molar-refractivity contribution is 5.92. The maximum atomic E-state index is 11.9. The summed E-state index contributed by atoms with van der Waals surface area (Å²) in [6, 6.07) is 7.06. The molecule has 0 aliphatic heterocycles. The minimum atomic E-state index is -0.334. The highest BCUT2D eigenvalue weighted by atomic mass is 16.5. The van der Waals surface area contributed by atoms with E-state index in [1.165, 1.54) is 19.3 Å². The van der Waals surface area contributed by atoms with Gasteiger partial charge in [0.1, 0.15) is 5.75 Å². The molecule has 1 aromatic carbocycles. The summed E-state index contributed by atoms with van der Waals surface area (Å²) in [5.74, 6) is 2.04. The highest BCUT2D eigenvalue weighted by Gasteiger charge is 2.40. The van der Waals surface area contributed by atoms with Crippen LogP contribution in [0.25, 0.3) is 0 Å². The zero-order chi connectivity index (χ0) is 16.2. The van der Waals surface area contributed by atoms with Gasteiger partial charge in [-0.05, 0) is 49.1 Å². The second-order valence-corrected chi connectivity index (χ2v) is 6.58. The van der Waals surface area contributed by atoms with Gasteiger partial charge in [0.2, 0.25) is 0 Å². The van der Waals surface area contributed by atoms with Gasteiger partial charge in [-0.2, -0.15) is 0 Å². The third-order valence-corrected chi connectivity index (χ3v) is 5.03. The third kappa shape index (κ3) is 4.03. The Balaban J connectivity index is 1.40. The van der Waals surface area contributed by atoms with E-state index >= 15 is 0 Å². The van der Waals surface area contributed by atoms with Crippen molar-refractivity contribution in [2.24, 2.45) is 17.8 Å². The monoisotopic (exact) mass is 317 g/mol. The molecule has 23 heavy (non-hydrogen) atoms. The quantitative estimate of drug-likeness (QED) is 0.819. The predicted molar refractivity (Wildman–Crippen MR) is 86.1 cm³/mol. The van der Waals surface area contributed by atoms with E-state index < -0.39 is 0 Å². The number of nitrogens with one attached hydrogen (secondary N) is 1. The number of ether oxygens (including phenoxy) is 2. The predicted octanol–water partition coefficient (Wildman–Crippen LogP) is 3.00. The summed E-state index contributed by atoms with van der Waals surface area (Å²) in [6.07, 6.45) is 5.44. The third-order valence-electron chi connectivity index (χ3n) is 5.03. The van der Waals surface area contributed by atoms with Crippen molar-refractivity contribution in [2.75, 3.05) is 19.0 Å². The number of hydrogen-bond donors (Lipinski definition) is 1. The fraction of sp³-hybridized carbons (Fsp3) is 0.556. The molecule has 0 aromatic heterocycles. The minimum absolute atomic E-state index is 0.239. The second-order valence-electron chi connectivity index (χ2n) is 6.58. The normalized spacial score (nSPS) is 25.2. The number of hydrogen-bond acceptors (Lipinski definition) is 4. The lowest BCUT2D eigenvalue weighted by Crippen LogP contribution is -2.23. The number of benzene rings is 1. The Hall–Kier alpha value is -2.04. The van der Waals surface area contributed by atoms with Gasteiger partial charge in [-0.3, -0.25) is 9.59 Å². The number of carbonyl (C=O) groups excluding carboxylic acids is 2. The van der Waals surface area contributed by atoms with E-state index in [2.05, 4.69) is 5.32 Å². The summed E-state index contributed by atoms with van der Waals surface area (Å²) in [6.45, 7) is -0.239. The van der Waals surface area contributed by atoms with Crippen LogP contribution in [0.1, 0.15) is 32.1 Å². The smallest absolute Gasteiger partial charge is 0.306 e. The summed E-state index contributed by atoms with van der Waals surface area (Å²) in [4.78, 5) is 23.8. The van der Waals surface area contributed by atoms with E-state index in [1.807, 2.05) is 0 Å². The van der Waals surface area contributed by atoms with Crippen LogP contribution in [0.4, 0.5) is 5.69 Å². The Morgan fingerprint density at radius 2 is 2.13 bits per heavy atom. The second kappa shape index (κ2) is 7.02. The molecule has 2 aliphatic carbocycles. The SMILES string of the molecule is COc1cccc(NC(=O)COC(=O)CC2CC3CCC2C3)c1. The van der Waals surface area contributed by atoms with Crippen LogP contribution < -0.4 is 10.1 Å². The average molecular weight is 317 g/mol. The standard InChI is InChI=1S/C18H23NO4/c1-22-16-4-2-3-15(10-16)19-17(20)11-23-18(21)9-14-8-12-5-6-13(14)7-12/h2-4,10,12-14H,5-9,11H2,1H3,(H,19,20). The van der Waals surface area contributed by atoms with Crippen molar-refractivity contribution in [3.8, 4) is 5.75 Å². The number of carbonyl (C=O) groups is 2. The van der Waals surface area contributed by atoms with Gasteiger partial charge in [0, 0.05) is 18.2 Å². The van der Waals surface area contributed by atoms with E-state index in [0.717, 1.165) is 12.3 Å². The van der Waals surface area contributed by atoms with Gasteiger partial charge >= 0.3 is 5.97 Å². The lowest BCUT2D eigenvalue weighted by atomic mass is 9.86. The van der Waals surface area contributed by atoms with E-state index in [0.29, 0.717) is 29.7 Å². The first kappa shape index (κ1) is 15.8. The van der Waals surface area contributed by atoms with Gasteiger partial charge in [0.15, 0.2) is 6.61 Å². The number of rotatable bonds is 6. The molecule has 0 spiro atoms. The van der Waals surface area contributed by atoms with Crippen molar-refractivity contribution in [2.45, 2.75) is 32.1 Å². The lowest BCUT2D eigenvalue weighted by Gasteiger charge is -2.20. The van der Waals surface area contributed by atoms with Crippen molar-refractivity contribution < 1.29 is 19.1 Å². The Bertz CT molecular complexity index is 586. The molecular formula is C18H23NO4.